The second-order valence-electron chi connectivity index (χ2n) is 6.55. The Morgan fingerprint density at radius 1 is 1.04 bits per heavy atom. The summed E-state index contributed by atoms with van der Waals surface area (Å²) in [6.45, 7) is 4.10. The molecule has 3 saturated heterocycles. The molecule has 3 nitrogen and oxygen atoms in total. The fourth-order valence-corrected chi connectivity index (χ4v) is 4.18. The molecule has 0 radical (unpaired) electrons. The molecule has 120 valence electrons. The predicted octanol–water partition coefficient (Wildman–Crippen LogP) is 3.44. The van der Waals surface area contributed by atoms with Gasteiger partial charge in [0, 0.05) is 55.1 Å². The molecule has 2 bridgehead atoms. The van der Waals surface area contributed by atoms with Gasteiger partial charge in [-0.25, -0.2) is 4.39 Å². The van der Waals surface area contributed by atoms with Crippen LogP contribution in [0.2, 0.25) is 0 Å². The van der Waals surface area contributed by atoms with E-state index in [-0.39, 0.29) is 5.82 Å². The van der Waals surface area contributed by atoms with E-state index in [1.54, 1.807) is 12.1 Å². The van der Waals surface area contributed by atoms with E-state index in [1.807, 2.05) is 24.5 Å². The molecule has 1 aromatic heterocycles. The first-order valence-electron chi connectivity index (χ1n) is 7.99. The summed E-state index contributed by atoms with van der Waals surface area (Å²) in [6, 6.07) is 10.3. The summed E-state index contributed by atoms with van der Waals surface area (Å²) in [5, 5.41) is 0. The van der Waals surface area contributed by atoms with Crippen molar-refractivity contribution in [2.45, 2.75) is 31.6 Å². The molecule has 3 fully saturated rings. The maximum Gasteiger partial charge on any atom is 0.123 e. The molecule has 0 spiro atoms. The van der Waals surface area contributed by atoms with Crippen LogP contribution in [0.1, 0.15) is 17.5 Å². The van der Waals surface area contributed by atoms with Gasteiger partial charge in [-0.3, -0.25) is 14.8 Å². The number of fused-ring (bicyclic) bond motifs is 2. The molecule has 2 aromatic rings. The smallest absolute Gasteiger partial charge is 0.123 e. The number of piperazine rings is 1. The van der Waals surface area contributed by atoms with Crippen molar-refractivity contribution >= 4 is 15.9 Å². The molecular weight excluding hydrogens is 357 g/mol. The van der Waals surface area contributed by atoms with Crippen LogP contribution in [0, 0.1) is 5.82 Å². The van der Waals surface area contributed by atoms with Gasteiger partial charge in [-0.1, -0.05) is 12.1 Å². The summed E-state index contributed by atoms with van der Waals surface area (Å²) in [5.41, 5.74) is 2.46. The first-order chi connectivity index (χ1) is 11.2. The molecule has 5 rings (SSSR count). The number of pyridine rings is 1. The summed E-state index contributed by atoms with van der Waals surface area (Å²) in [4.78, 5) is 9.32. The lowest BCUT2D eigenvalue weighted by Crippen LogP contribution is -2.67. The molecule has 1 aromatic carbocycles. The number of halogens is 2. The molecular formula is C18H19BrFN3. The molecule has 0 N–H and O–H groups in total. The highest BCUT2D eigenvalue weighted by atomic mass is 79.9. The van der Waals surface area contributed by atoms with Crippen LogP contribution < -0.4 is 0 Å². The largest absolute Gasteiger partial charge is 0.296 e. The normalized spacial score (nSPS) is 24.4. The maximum absolute atomic E-state index is 13.0. The summed E-state index contributed by atoms with van der Waals surface area (Å²) in [5.74, 6) is -0.161. The molecule has 2 unspecified atom stereocenters. The lowest BCUT2D eigenvalue weighted by molar-refractivity contribution is -0.0774. The highest BCUT2D eigenvalue weighted by Crippen LogP contribution is 2.34. The van der Waals surface area contributed by atoms with Gasteiger partial charge in [-0.15, -0.1) is 0 Å². The zero-order valence-electron chi connectivity index (χ0n) is 12.8. The number of hydrogen-bond acceptors (Lipinski definition) is 3. The molecule has 4 heterocycles. The third-order valence-corrected chi connectivity index (χ3v) is 5.30. The lowest BCUT2D eigenvalue weighted by Gasteiger charge is -2.56. The zero-order valence-corrected chi connectivity index (χ0v) is 14.4. The molecule has 0 saturated carbocycles. The molecule has 3 aliphatic heterocycles. The SMILES string of the molecule is Fc1ccc(CN2C3CC2CN(Cc2cncc(Br)c2)C3)cc1. The van der Waals surface area contributed by atoms with Crippen LogP contribution in [0.15, 0.2) is 47.2 Å². The minimum Gasteiger partial charge on any atom is -0.296 e. The van der Waals surface area contributed by atoms with Crippen molar-refractivity contribution in [2.75, 3.05) is 13.1 Å². The highest BCUT2D eigenvalue weighted by Gasteiger charge is 2.44. The Morgan fingerprint density at radius 3 is 2.48 bits per heavy atom. The van der Waals surface area contributed by atoms with Gasteiger partial charge in [0.15, 0.2) is 0 Å². The van der Waals surface area contributed by atoms with E-state index in [4.69, 9.17) is 0 Å². The van der Waals surface area contributed by atoms with Crippen molar-refractivity contribution in [3.8, 4) is 0 Å². The van der Waals surface area contributed by atoms with Gasteiger partial charge >= 0.3 is 0 Å². The first-order valence-corrected chi connectivity index (χ1v) is 8.78. The van der Waals surface area contributed by atoms with E-state index in [1.165, 1.54) is 17.5 Å². The molecule has 23 heavy (non-hydrogen) atoms. The predicted molar refractivity (Wildman–Crippen MR) is 91.4 cm³/mol. The van der Waals surface area contributed by atoms with E-state index >= 15 is 0 Å². The van der Waals surface area contributed by atoms with Crippen molar-refractivity contribution < 1.29 is 4.39 Å². The van der Waals surface area contributed by atoms with Crippen LogP contribution in [0.5, 0.6) is 0 Å². The molecule has 3 aliphatic rings. The number of benzene rings is 1. The van der Waals surface area contributed by atoms with Crippen molar-refractivity contribution in [1.82, 2.24) is 14.8 Å². The van der Waals surface area contributed by atoms with Crippen molar-refractivity contribution in [3.63, 3.8) is 0 Å². The number of rotatable bonds is 4. The van der Waals surface area contributed by atoms with Gasteiger partial charge in [-0.05, 0) is 51.7 Å². The summed E-state index contributed by atoms with van der Waals surface area (Å²) < 4.78 is 14.0. The lowest BCUT2D eigenvalue weighted by atomic mass is 9.86. The summed E-state index contributed by atoms with van der Waals surface area (Å²) in [6.07, 6.45) is 5.05. The Bertz CT molecular complexity index is 679. The second-order valence-corrected chi connectivity index (χ2v) is 7.46. The quantitative estimate of drug-likeness (QED) is 0.815. The Hall–Kier alpha value is -1.30. The minimum absolute atomic E-state index is 0.161. The fraction of sp³-hybridized carbons (Fsp3) is 0.389. The second kappa shape index (κ2) is 6.30. The topological polar surface area (TPSA) is 19.4 Å². The van der Waals surface area contributed by atoms with E-state index in [0.29, 0.717) is 12.1 Å². The van der Waals surface area contributed by atoms with Crippen LogP contribution >= 0.6 is 15.9 Å². The van der Waals surface area contributed by atoms with Crippen LogP contribution in [-0.4, -0.2) is 40.0 Å². The third-order valence-electron chi connectivity index (χ3n) is 4.87. The van der Waals surface area contributed by atoms with Gasteiger partial charge in [0.2, 0.25) is 0 Å². The monoisotopic (exact) mass is 375 g/mol. The molecule has 5 heteroatoms. The van der Waals surface area contributed by atoms with E-state index in [9.17, 15) is 4.39 Å². The summed E-state index contributed by atoms with van der Waals surface area (Å²) >= 11 is 3.48. The Balaban J connectivity index is 1.35. The van der Waals surface area contributed by atoms with Gasteiger partial charge < -0.3 is 0 Å². The standard InChI is InChI=1S/C18H19BrFN3/c19-15-5-14(7-21-8-15)9-22-11-17-6-18(12-22)23(17)10-13-1-3-16(20)4-2-13/h1-5,7-8,17-18H,6,9-12H2. The van der Waals surface area contributed by atoms with Gasteiger partial charge in [0.25, 0.3) is 0 Å². The van der Waals surface area contributed by atoms with Gasteiger partial charge in [0.05, 0.1) is 0 Å². The fourth-order valence-electron chi connectivity index (χ4n) is 3.76. The Morgan fingerprint density at radius 2 is 1.78 bits per heavy atom. The number of nitrogens with zero attached hydrogens (tertiary/aromatic N) is 3. The maximum atomic E-state index is 13.0. The zero-order chi connectivity index (χ0) is 15.8. The van der Waals surface area contributed by atoms with Crippen molar-refractivity contribution in [3.05, 3.63) is 64.1 Å². The molecule has 0 aliphatic carbocycles. The minimum atomic E-state index is -0.161. The average Bonchev–Trinajstić information content (AvgIpc) is 2.54. The van der Waals surface area contributed by atoms with Crippen LogP contribution in [0.4, 0.5) is 4.39 Å². The summed E-state index contributed by atoms with van der Waals surface area (Å²) in [7, 11) is 0. The number of piperidine rings is 1. The van der Waals surface area contributed by atoms with Crippen LogP contribution in [-0.2, 0) is 13.1 Å². The van der Waals surface area contributed by atoms with Crippen LogP contribution in [0.25, 0.3) is 0 Å². The Labute approximate surface area is 144 Å². The van der Waals surface area contributed by atoms with Crippen molar-refractivity contribution in [1.29, 1.82) is 0 Å². The van der Waals surface area contributed by atoms with E-state index in [2.05, 4.69) is 36.8 Å². The Kier molecular flexibility index (Phi) is 4.18. The first kappa shape index (κ1) is 15.2. The van der Waals surface area contributed by atoms with Crippen molar-refractivity contribution in [2.24, 2.45) is 0 Å². The molecule has 0 amide bonds. The van der Waals surface area contributed by atoms with Gasteiger partial charge in [0.1, 0.15) is 5.82 Å². The number of aromatic nitrogens is 1. The van der Waals surface area contributed by atoms with Crippen LogP contribution in [0.3, 0.4) is 0 Å². The third kappa shape index (κ3) is 3.32. The number of hydrogen-bond donors (Lipinski definition) is 0. The highest BCUT2D eigenvalue weighted by molar-refractivity contribution is 9.10. The van der Waals surface area contributed by atoms with Gasteiger partial charge in [-0.2, -0.15) is 0 Å². The average molecular weight is 376 g/mol. The van der Waals surface area contributed by atoms with E-state index < -0.39 is 0 Å². The van der Waals surface area contributed by atoms with E-state index in [0.717, 1.165) is 30.7 Å². The molecule has 2 atom stereocenters.